The van der Waals surface area contributed by atoms with Gasteiger partial charge in [0.1, 0.15) is 0 Å². The highest BCUT2D eigenvalue weighted by atomic mass is 15.0. The van der Waals surface area contributed by atoms with Crippen LogP contribution in [0.1, 0.15) is 31.4 Å². The van der Waals surface area contributed by atoms with Gasteiger partial charge in [0, 0.05) is 24.5 Å². The molecule has 3 rings (SSSR count). The van der Waals surface area contributed by atoms with Crippen molar-refractivity contribution >= 4 is 0 Å². The molecule has 1 fully saturated rings. The number of nitrogens with one attached hydrogen (secondary N) is 1. The Bertz CT molecular complexity index is 385. The Kier molecular flexibility index (Phi) is 2.52. The van der Waals surface area contributed by atoms with E-state index in [1.807, 2.05) is 12.4 Å². The number of pyridine rings is 1. The summed E-state index contributed by atoms with van der Waals surface area (Å²) in [5.41, 5.74) is 1.33. The van der Waals surface area contributed by atoms with Crippen molar-refractivity contribution in [2.75, 3.05) is 0 Å². The van der Waals surface area contributed by atoms with Gasteiger partial charge in [-0.1, -0.05) is 12.2 Å². The molecule has 1 N–H and O–H groups in total. The number of rotatable bonds is 3. The Hall–Kier alpha value is -1.15. The monoisotopic (exact) mass is 214 g/mol. The average Bonchev–Trinajstić information content (AvgIpc) is 2.68. The fourth-order valence-electron chi connectivity index (χ4n) is 2.98. The molecule has 1 aromatic rings. The van der Waals surface area contributed by atoms with Gasteiger partial charge in [0.05, 0.1) is 0 Å². The fraction of sp³-hybridized carbons (Fsp3) is 0.500. The van der Waals surface area contributed by atoms with Gasteiger partial charge in [-0.05, 0) is 49.3 Å². The highest BCUT2D eigenvalue weighted by molar-refractivity contribution is 5.17. The van der Waals surface area contributed by atoms with Crippen molar-refractivity contribution in [3.63, 3.8) is 0 Å². The molecule has 1 aromatic heterocycles. The van der Waals surface area contributed by atoms with E-state index in [9.17, 15) is 0 Å². The summed E-state index contributed by atoms with van der Waals surface area (Å²) in [6, 6.07) is 5.31. The van der Waals surface area contributed by atoms with Gasteiger partial charge < -0.3 is 5.32 Å². The number of nitrogens with zero attached hydrogens (tertiary/aromatic N) is 1. The zero-order valence-corrected chi connectivity index (χ0v) is 9.63. The summed E-state index contributed by atoms with van der Waals surface area (Å²) < 4.78 is 0. The van der Waals surface area contributed by atoms with Gasteiger partial charge in [-0.3, -0.25) is 4.98 Å². The van der Waals surface area contributed by atoms with Crippen LogP contribution in [0.25, 0.3) is 0 Å². The highest BCUT2D eigenvalue weighted by Gasteiger charge is 2.41. The summed E-state index contributed by atoms with van der Waals surface area (Å²) in [4.78, 5) is 4.06. The quantitative estimate of drug-likeness (QED) is 0.782. The molecule has 2 aliphatic carbocycles. The zero-order valence-electron chi connectivity index (χ0n) is 9.63. The standard InChI is InChI=1S/C14H18N2/c1-10(11-5-7-15-8-6-11)16-14-9-12-3-2-4-13(12)14/h2,4-8,10,12-14,16H,3,9H2,1H3/t10-,12?,13?,14?/m1/s1. The molecule has 0 bridgehead atoms. The van der Waals surface area contributed by atoms with E-state index in [2.05, 4.69) is 41.5 Å². The molecule has 0 radical (unpaired) electrons. The first-order valence-electron chi connectivity index (χ1n) is 6.17. The van der Waals surface area contributed by atoms with E-state index in [1.165, 1.54) is 18.4 Å². The van der Waals surface area contributed by atoms with E-state index in [-0.39, 0.29) is 0 Å². The molecule has 0 aromatic carbocycles. The summed E-state index contributed by atoms with van der Waals surface area (Å²) in [5, 5.41) is 3.72. The first-order valence-corrected chi connectivity index (χ1v) is 6.17. The molecular formula is C14H18N2. The Morgan fingerprint density at radius 2 is 2.19 bits per heavy atom. The Labute approximate surface area is 96.8 Å². The molecule has 3 unspecified atom stereocenters. The number of hydrogen-bond donors (Lipinski definition) is 1. The van der Waals surface area contributed by atoms with Crippen LogP contribution in [-0.4, -0.2) is 11.0 Å². The van der Waals surface area contributed by atoms with Gasteiger partial charge >= 0.3 is 0 Å². The Morgan fingerprint density at radius 1 is 1.38 bits per heavy atom. The van der Waals surface area contributed by atoms with Crippen molar-refractivity contribution in [3.8, 4) is 0 Å². The Morgan fingerprint density at radius 3 is 2.94 bits per heavy atom. The van der Waals surface area contributed by atoms with Crippen LogP contribution < -0.4 is 5.32 Å². The average molecular weight is 214 g/mol. The number of aromatic nitrogens is 1. The smallest absolute Gasteiger partial charge is 0.0295 e. The van der Waals surface area contributed by atoms with Crippen LogP contribution in [0.15, 0.2) is 36.7 Å². The van der Waals surface area contributed by atoms with Crippen molar-refractivity contribution in [2.24, 2.45) is 11.8 Å². The number of fused-ring (bicyclic) bond motifs is 1. The third kappa shape index (κ3) is 1.67. The molecule has 0 amide bonds. The van der Waals surface area contributed by atoms with E-state index in [0.29, 0.717) is 12.1 Å². The van der Waals surface area contributed by atoms with Gasteiger partial charge in [0.25, 0.3) is 0 Å². The predicted molar refractivity (Wildman–Crippen MR) is 64.9 cm³/mol. The van der Waals surface area contributed by atoms with E-state index < -0.39 is 0 Å². The second-order valence-corrected chi connectivity index (χ2v) is 5.01. The summed E-state index contributed by atoms with van der Waals surface area (Å²) in [5.74, 6) is 1.73. The summed E-state index contributed by atoms with van der Waals surface area (Å²) in [7, 11) is 0. The van der Waals surface area contributed by atoms with Crippen molar-refractivity contribution in [1.29, 1.82) is 0 Å². The summed E-state index contributed by atoms with van der Waals surface area (Å²) in [6.07, 6.45) is 11.1. The lowest BCUT2D eigenvalue weighted by molar-refractivity contribution is 0.152. The maximum atomic E-state index is 4.06. The Balaban J connectivity index is 1.61. The second kappa shape index (κ2) is 4.02. The van der Waals surface area contributed by atoms with E-state index >= 15 is 0 Å². The summed E-state index contributed by atoms with van der Waals surface area (Å²) in [6.45, 7) is 2.24. The van der Waals surface area contributed by atoms with Crippen molar-refractivity contribution in [2.45, 2.75) is 31.8 Å². The summed E-state index contributed by atoms with van der Waals surface area (Å²) >= 11 is 0. The molecule has 2 heteroatoms. The highest BCUT2D eigenvalue weighted by Crippen LogP contribution is 2.43. The minimum Gasteiger partial charge on any atom is -0.307 e. The van der Waals surface area contributed by atoms with Crippen LogP contribution in [-0.2, 0) is 0 Å². The third-order valence-electron chi connectivity index (χ3n) is 4.03. The lowest BCUT2D eigenvalue weighted by atomic mass is 9.71. The van der Waals surface area contributed by atoms with Crippen LogP contribution in [0.3, 0.4) is 0 Å². The topological polar surface area (TPSA) is 24.9 Å². The molecule has 0 saturated heterocycles. The number of allylic oxidation sites excluding steroid dienone is 1. The molecular weight excluding hydrogens is 196 g/mol. The normalized spacial score (nSPS) is 33.2. The zero-order chi connectivity index (χ0) is 11.0. The van der Waals surface area contributed by atoms with Crippen molar-refractivity contribution in [1.82, 2.24) is 10.3 Å². The minimum atomic E-state index is 0.433. The van der Waals surface area contributed by atoms with Crippen LogP contribution in [0.2, 0.25) is 0 Å². The lowest BCUT2D eigenvalue weighted by Gasteiger charge is -2.42. The second-order valence-electron chi connectivity index (χ2n) is 5.01. The molecule has 0 spiro atoms. The van der Waals surface area contributed by atoms with Gasteiger partial charge in [0.15, 0.2) is 0 Å². The van der Waals surface area contributed by atoms with Crippen LogP contribution in [0.5, 0.6) is 0 Å². The van der Waals surface area contributed by atoms with E-state index in [4.69, 9.17) is 0 Å². The maximum Gasteiger partial charge on any atom is 0.0295 e. The molecule has 2 nitrogen and oxygen atoms in total. The van der Waals surface area contributed by atoms with E-state index in [0.717, 1.165) is 11.8 Å². The van der Waals surface area contributed by atoms with E-state index in [1.54, 1.807) is 0 Å². The molecule has 16 heavy (non-hydrogen) atoms. The van der Waals surface area contributed by atoms with Crippen molar-refractivity contribution in [3.05, 3.63) is 42.2 Å². The largest absolute Gasteiger partial charge is 0.307 e. The molecule has 4 atom stereocenters. The van der Waals surface area contributed by atoms with Gasteiger partial charge in [0.2, 0.25) is 0 Å². The van der Waals surface area contributed by atoms with Gasteiger partial charge in [-0.25, -0.2) is 0 Å². The maximum absolute atomic E-state index is 4.06. The van der Waals surface area contributed by atoms with Gasteiger partial charge in [-0.15, -0.1) is 0 Å². The molecule has 1 heterocycles. The molecule has 2 aliphatic rings. The first kappa shape index (κ1) is 10.0. The first-order chi connectivity index (χ1) is 7.84. The van der Waals surface area contributed by atoms with Crippen LogP contribution in [0, 0.1) is 11.8 Å². The van der Waals surface area contributed by atoms with Crippen molar-refractivity contribution < 1.29 is 0 Å². The SMILES string of the molecule is C[C@@H](NC1CC2CC=CC21)c1ccncc1. The van der Waals surface area contributed by atoms with Crippen LogP contribution >= 0.6 is 0 Å². The van der Waals surface area contributed by atoms with Crippen LogP contribution in [0.4, 0.5) is 0 Å². The molecule has 0 aliphatic heterocycles. The molecule has 84 valence electrons. The lowest BCUT2D eigenvalue weighted by Crippen LogP contribution is -2.48. The molecule has 1 saturated carbocycles. The fourth-order valence-corrected chi connectivity index (χ4v) is 2.98. The third-order valence-corrected chi connectivity index (χ3v) is 4.03. The number of hydrogen-bond acceptors (Lipinski definition) is 2. The predicted octanol–water partition coefficient (Wildman–Crippen LogP) is 2.70. The van der Waals surface area contributed by atoms with Gasteiger partial charge in [-0.2, -0.15) is 0 Å². The minimum absolute atomic E-state index is 0.433.